The largest absolute Gasteiger partial charge is 0.481 e. The molecule has 1 atom stereocenters. The summed E-state index contributed by atoms with van der Waals surface area (Å²) in [6.07, 6.45) is 1.99. The van der Waals surface area contributed by atoms with E-state index in [4.69, 9.17) is 5.11 Å². The predicted molar refractivity (Wildman–Crippen MR) is 80.1 cm³/mol. The molecule has 0 aliphatic rings. The Morgan fingerprint density at radius 2 is 2.10 bits per heavy atom. The fourth-order valence-electron chi connectivity index (χ4n) is 1.99. The summed E-state index contributed by atoms with van der Waals surface area (Å²) < 4.78 is 26.6. The van der Waals surface area contributed by atoms with Gasteiger partial charge in [-0.25, -0.2) is 13.1 Å². The van der Waals surface area contributed by atoms with Crippen LogP contribution in [0.25, 0.3) is 0 Å². The van der Waals surface area contributed by atoms with E-state index < -0.39 is 20.9 Å². The maximum Gasteiger partial charge on any atom is 0.305 e. The third kappa shape index (κ3) is 5.60. The molecule has 120 valence electrons. The van der Waals surface area contributed by atoms with Crippen LogP contribution in [0.5, 0.6) is 0 Å². The van der Waals surface area contributed by atoms with Gasteiger partial charge in [0.15, 0.2) is 4.21 Å². The van der Waals surface area contributed by atoms with Crippen LogP contribution in [0.1, 0.15) is 38.3 Å². The van der Waals surface area contributed by atoms with Gasteiger partial charge in [0.05, 0.1) is 0 Å². The van der Waals surface area contributed by atoms with Gasteiger partial charge in [-0.05, 0) is 25.7 Å². The molecule has 0 amide bonds. The van der Waals surface area contributed by atoms with Crippen LogP contribution in [0.2, 0.25) is 0 Å². The Hall–Kier alpha value is -1.19. The maximum absolute atomic E-state index is 12.0. The quantitative estimate of drug-likeness (QED) is 0.628. The number of aryl methyl sites for hydroxylation is 1. The minimum Gasteiger partial charge on any atom is -0.481 e. The zero-order valence-electron chi connectivity index (χ0n) is 12.0. The molecule has 1 rings (SSSR count). The summed E-state index contributed by atoms with van der Waals surface area (Å²) in [6.45, 7) is 3.71. The summed E-state index contributed by atoms with van der Waals surface area (Å²) in [7, 11) is -3.68. The molecule has 0 saturated heterocycles. The van der Waals surface area contributed by atoms with E-state index in [1.54, 1.807) is 0 Å². The van der Waals surface area contributed by atoms with Crippen molar-refractivity contribution in [2.75, 3.05) is 6.54 Å². The number of nitrogens with one attached hydrogen (secondary N) is 2. The summed E-state index contributed by atoms with van der Waals surface area (Å²) in [5.74, 6) is -0.684. The first-order chi connectivity index (χ1) is 9.76. The van der Waals surface area contributed by atoms with Gasteiger partial charge in [-0.3, -0.25) is 9.59 Å². The molecule has 3 N–H and O–H groups in total. The van der Waals surface area contributed by atoms with Crippen LogP contribution < -0.4 is 9.60 Å². The highest BCUT2D eigenvalue weighted by Crippen LogP contribution is 2.17. The fraction of sp³-hybridized carbons (Fsp3) is 0.667. The molecule has 7 nitrogen and oxygen atoms in total. The molecule has 9 heteroatoms. The molecule has 0 aromatic carbocycles. The molecular formula is C12H20N2O5S2. The number of aliphatic carboxylic acids is 1. The number of carboxylic acids is 1. The number of carbonyl (C=O) groups is 1. The minimum absolute atomic E-state index is 0.00563. The summed E-state index contributed by atoms with van der Waals surface area (Å²) in [5.41, 5.74) is 0.329. The van der Waals surface area contributed by atoms with E-state index in [0.29, 0.717) is 29.9 Å². The smallest absolute Gasteiger partial charge is 0.305 e. The number of rotatable bonds is 9. The molecule has 1 aromatic rings. The number of hydrogen-bond acceptors (Lipinski definition) is 5. The molecule has 0 aliphatic heterocycles. The lowest BCUT2D eigenvalue weighted by molar-refractivity contribution is -0.137. The highest BCUT2D eigenvalue weighted by Gasteiger charge is 2.20. The lowest BCUT2D eigenvalue weighted by Gasteiger charge is -2.13. The molecule has 21 heavy (non-hydrogen) atoms. The normalized spacial score (nSPS) is 13.2. The highest BCUT2D eigenvalue weighted by molar-refractivity contribution is 7.91. The summed E-state index contributed by atoms with van der Waals surface area (Å²) in [6, 6.07) is 0. The molecule has 0 fully saturated rings. The number of H-pyrrole nitrogens is 1. The van der Waals surface area contributed by atoms with Crippen LogP contribution >= 0.6 is 11.3 Å². The number of aromatic amines is 1. The number of sulfonamides is 1. The average molecular weight is 336 g/mol. The van der Waals surface area contributed by atoms with Crippen LogP contribution in [0.3, 0.4) is 0 Å². The third-order valence-corrected chi connectivity index (χ3v) is 6.28. The number of aromatic nitrogens is 1. The monoisotopic (exact) mass is 336 g/mol. The fourth-order valence-corrected chi connectivity index (χ4v) is 4.38. The summed E-state index contributed by atoms with van der Waals surface area (Å²) >= 11 is 0.661. The molecule has 0 radical (unpaired) electrons. The van der Waals surface area contributed by atoms with Crippen molar-refractivity contribution in [1.29, 1.82) is 0 Å². The SMILES string of the molecule is CCC(CCNS(=O)(=O)c1sc(=O)[nH]c1C)CCC(=O)O. The first-order valence-electron chi connectivity index (χ1n) is 6.67. The molecule has 0 saturated carbocycles. The first kappa shape index (κ1) is 17.9. The number of carboxylic acid groups (broad SMARTS) is 1. The highest BCUT2D eigenvalue weighted by atomic mass is 32.2. The predicted octanol–water partition coefficient (Wildman–Crippen LogP) is 1.30. The summed E-state index contributed by atoms with van der Waals surface area (Å²) in [4.78, 5) is 23.7. The van der Waals surface area contributed by atoms with Gasteiger partial charge in [0, 0.05) is 18.7 Å². The molecule has 1 aromatic heterocycles. The lowest BCUT2D eigenvalue weighted by atomic mass is 9.97. The van der Waals surface area contributed by atoms with Crippen LogP contribution in [-0.4, -0.2) is 31.0 Å². The van der Waals surface area contributed by atoms with E-state index in [0.717, 1.165) is 6.42 Å². The Bertz CT molecular complexity index is 632. The van der Waals surface area contributed by atoms with E-state index in [1.807, 2.05) is 6.92 Å². The Morgan fingerprint density at radius 3 is 2.57 bits per heavy atom. The van der Waals surface area contributed by atoms with Gasteiger partial charge in [-0.2, -0.15) is 0 Å². The van der Waals surface area contributed by atoms with Gasteiger partial charge >= 0.3 is 10.8 Å². The van der Waals surface area contributed by atoms with E-state index in [-0.39, 0.29) is 23.1 Å². The van der Waals surface area contributed by atoms with Gasteiger partial charge in [-0.15, -0.1) is 0 Å². The Balaban J connectivity index is 2.55. The third-order valence-electron chi connectivity index (χ3n) is 3.21. The van der Waals surface area contributed by atoms with Crippen LogP contribution in [0.4, 0.5) is 0 Å². The van der Waals surface area contributed by atoms with Gasteiger partial charge in [0.1, 0.15) is 0 Å². The molecule has 0 aliphatic carbocycles. The second-order valence-corrected chi connectivity index (χ2v) is 7.77. The van der Waals surface area contributed by atoms with Crippen molar-refractivity contribution in [2.45, 2.75) is 43.7 Å². The number of hydrogen-bond donors (Lipinski definition) is 3. The van der Waals surface area contributed by atoms with E-state index in [1.165, 1.54) is 6.92 Å². The van der Waals surface area contributed by atoms with Gasteiger partial charge < -0.3 is 10.1 Å². The van der Waals surface area contributed by atoms with Gasteiger partial charge in [0.25, 0.3) is 10.0 Å². The van der Waals surface area contributed by atoms with Crippen molar-refractivity contribution >= 4 is 27.3 Å². The second kappa shape index (κ2) is 7.71. The van der Waals surface area contributed by atoms with E-state index >= 15 is 0 Å². The van der Waals surface area contributed by atoms with Crippen LogP contribution in [0, 0.1) is 12.8 Å². The van der Waals surface area contributed by atoms with Crippen molar-refractivity contribution < 1.29 is 18.3 Å². The molecule has 0 spiro atoms. The second-order valence-electron chi connectivity index (χ2n) is 4.82. The molecular weight excluding hydrogens is 316 g/mol. The topological polar surface area (TPSA) is 116 Å². The Labute approximate surface area is 127 Å². The first-order valence-corrected chi connectivity index (χ1v) is 8.97. The van der Waals surface area contributed by atoms with Gasteiger partial charge in [-0.1, -0.05) is 24.7 Å². The van der Waals surface area contributed by atoms with Crippen molar-refractivity contribution in [2.24, 2.45) is 5.92 Å². The van der Waals surface area contributed by atoms with Crippen molar-refractivity contribution in [3.63, 3.8) is 0 Å². The lowest BCUT2D eigenvalue weighted by Crippen LogP contribution is -2.26. The maximum atomic E-state index is 12.0. The zero-order valence-corrected chi connectivity index (χ0v) is 13.6. The van der Waals surface area contributed by atoms with Gasteiger partial charge in [0.2, 0.25) is 0 Å². The van der Waals surface area contributed by atoms with Crippen LogP contribution in [0.15, 0.2) is 9.00 Å². The van der Waals surface area contributed by atoms with E-state index in [9.17, 15) is 18.0 Å². The minimum atomic E-state index is -3.68. The van der Waals surface area contributed by atoms with Crippen molar-refractivity contribution in [1.82, 2.24) is 9.71 Å². The zero-order chi connectivity index (χ0) is 16.0. The number of thiazole rings is 1. The molecule has 1 heterocycles. The average Bonchev–Trinajstić information content (AvgIpc) is 2.73. The molecule has 0 bridgehead atoms. The van der Waals surface area contributed by atoms with E-state index in [2.05, 4.69) is 9.71 Å². The molecule has 1 unspecified atom stereocenters. The Morgan fingerprint density at radius 1 is 1.43 bits per heavy atom. The van der Waals surface area contributed by atoms with Crippen molar-refractivity contribution in [3.05, 3.63) is 15.4 Å². The van der Waals surface area contributed by atoms with Crippen molar-refractivity contribution in [3.8, 4) is 0 Å². The Kier molecular flexibility index (Phi) is 6.56. The van der Waals surface area contributed by atoms with Crippen LogP contribution in [-0.2, 0) is 14.8 Å². The standard InChI is InChI=1S/C12H20N2O5S2/c1-3-9(4-5-10(15)16)6-7-13-21(18,19)11-8(2)14-12(17)20-11/h9,13H,3-7H2,1-2H3,(H,14,17)(H,15,16). The summed E-state index contributed by atoms with van der Waals surface area (Å²) in [5, 5.41) is 8.65.